The Morgan fingerprint density at radius 3 is 2.45 bits per heavy atom. The third kappa shape index (κ3) is 5.45. The molecule has 1 heterocycles. The number of benzene rings is 2. The molecule has 0 fully saturated rings. The fourth-order valence-electron chi connectivity index (χ4n) is 3.43. The predicted molar refractivity (Wildman–Crippen MR) is 114 cm³/mol. The van der Waals surface area contributed by atoms with Gasteiger partial charge in [-0.3, -0.25) is 14.5 Å². The van der Waals surface area contributed by atoms with E-state index in [0.717, 1.165) is 6.07 Å². The molecular formula is C23H26F2N4O2. The van der Waals surface area contributed by atoms with Crippen molar-refractivity contribution in [3.05, 3.63) is 70.8 Å². The number of rotatable bonds is 6. The zero-order valence-corrected chi connectivity index (χ0v) is 17.7. The van der Waals surface area contributed by atoms with Crippen LogP contribution in [0.15, 0.2) is 47.5 Å². The highest BCUT2D eigenvalue weighted by atomic mass is 19.1. The molecule has 0 saturated carbocycles. The summed E-state index contributed by atoms with van der Waals surface area (Å²) in [6.07, 6.45) is 0.232. The van der Waals surface area contributed by atoms with E-state index in [0.29, 0.717) is 11.1 Å². The van der Waals surface area contributed by atoms with E-state index in [1.807, 2.05) is 13.8 Å². The summed E-state index contributed by atoms with van der Waals surface area (Å²) in [6.45, 7) is 5.70. The van der Waals surface area contributed by atoms with E-state index in [4.69, 9.17) is 5.73 Å². The molecule has 1 aliphatic rings. The van der Waals surface area contributed by atoms with Crippen LogP contribution in [0.1, 0.15) is 54.7 Å². The van der Waals surface area contributed by atoms with Crippen molar-refractivity contribution < 1.29 is 18.4 Å². The van der Waals surface area contributed by atoms with Crippen LogP contribution in [0, 0.1) is 17.6 Å². The molecule has 0 aliphatic carbocycles. The van der Waals surface area contributed by atoms with Gasteiger partial charge < -0.3 is 11.1 Å². The summed E-state index contributed by atoms with van der Waals surface area (Å²) < 4.78 is 27.3. The van der Waals surface area contributed by atoms with Crippen molar-refractivity contribution in [3.8, 4) is 0 Å². The largest absolute Gasteiger partial charge is 0.369 e. The lowest BCUT2D eigenvalue weighted by molar-refractivity contribution is -0.129. The van der Waals surface area contributed by atoms with E-state index in [1.54, 1.807) is 19.1 Å². The van der Waals surface area contributed by atoms with E-state index in [-0.39, 0.29) is 48.2 Å². The van der Waals surface area contributed by atoms with E-state index >= 15 is 0 Å². The molecule has 1 aliphatic heterocycles. The van der Waals surface area contributed by atoms with Gasteiger partial charge in [-0.05, 0) is 54.3 Å². The number of hydrogen-bond acceptors (Lipinski definition) is 4. The third-order valence-electron chi connectivity index (χ3n) is 5.31. The number of aliphatic imine (C=N–C) groups is 1. The van der Waals surface area contributed by atoms with Crippen molar-refractivity contribution in [2.24, 2.45) is 16.6 Å². The van der Waals surface area contributed by atoms with Gasteiger partial charge in [-0.2, -0.15) is 0 Å². The molecule has 31 heavy (non-hydrogen) atoms. The minimum atomic E-state index is -0.600. The summed E-state index contributed by atoms with van der Waals surface area (Å²) >= 11 is 0. The summed E-state index contributed by atoms with van der Waals surface area (Å²) in [5.74, 6) is -1.37. The standard InChI is InChI=1S/C23H26F2N4O2/c1-13(2)20-11-21(30)29(23(26)28-20)12-15-8-17(10-19(25)9-15)22(31)27-14(3)16-4-6-18(24)7-5-16/h4-10,13-14,20H,11-12H2,1-3H3,(H2,26,28)(H,27,31). The molecule has 3 N–H and O–H groups in total. The summed E-state index contributed by atoms with van der Waals surface area (Å²) in [5, 5.41) is 2.77. The first-order valence-electron chi connectivity index (χ1n) is 10.1. The van der Waals surface area contributed by atoms with Crippen molar-refractivity contribution in [2.45, 2.75) is 45.8 Å². The average Bonchev–Trinajstić information content (AvgIpc) is 2.70. The van der Waals surface area contributed by atoms with Gasteiger partial charge in [0.25, 0.3) is 5.91 Å². The SMILES string of the molecule is CC(NC(=O)c1cc(F)cc(CN2C(=O)CC(C(C)C)N=C2N)c1)c1ccc(F)cc1. The fourth-order valence-corrected chi connectivity index (χ4v) is 3.43. The van der Waals surface area contributed by atoms with Gasteiger partial charge in [0, 0.05) is 5.56 Å². The predicted octanol–water partition coefficient (Wildman–Crippen LogP) is 3.53. The Hall–Kier alpha value is -3.29. The average molecular weight is 428 g/mol. The molecule has 0 bridgehead atoms. The lowest BCUT2D eigenvalue weighted by atomic mass is 9.99. The number of hydrogen-bond donors (Lipinski definition) is 2. The molecule has 0 saturated heterocycles. The molecule has 3 rings (SSSR count). The summed E-state index contributed by atoms with van der Waals surface area (Å²) in [5.41, 5.74) is 7.23. The van der Waals surface area contributed by atoms with Crippen molar-refractivity contribution >= 4 is 17.8 Å². The maximum atomic E-state index is 14.2. The van der Waals surface area contributed by atoms with Crippen LogP contribution in [0.3, 0.4) is 0 Å². The second-order valence-corrected chi connectivity index (χ2v) is 8.08. The first-order chi connectivity index (χ1) is 14.6. The minimum Gasteiger partial charge on any atom is -0.369 e. The number of nitrogens with zero attached hydrogens (tertiary/aromatic N) is 2. The van der Waals surface area contributed by atoms with Gasteiger partial charge >= 0.3 is 0 Å². The second-order valence-electron chi connectivity index (χ2n) is 8.08. The van der Waals surface area contributed by atoms with Crippen molar-refractivity contribution in [1.29, 1.82) is 0 Å². The van der Waals surface area contributed by atoms with Crippen LogP contribution in [0.25, 0.3) is 0 Å². The van der Waals surface area contributed by atoms with Crippen LogP contribution in [0.2, 0.25) is 0 Å². The Balaban J connectivity index is 1.75. The first kappa shape index (κ1) is 22.4. The van der Waals surface area contributed by atoms with Gasteiger partial charge in [-0.1, -0.05) is 26.0 Å². The van der Waals surface area contributed by atoms with Gasteiger partial charge in [-0.25, -0.2) is 13.8 Å². The zero-order chi connectivity index (χ0) is 22.7. The molecule has 2 aromatic carbocycles. The van der Waals surface area contributed by atoms with E-state index in [2.05, 4.69) is 10.3 Å². The quantitative estimate of drug-likeness (QED) is 0.738. The van der Waals surface area contributed by atoms with Gasteiger partial charge in [0.15, 0.2) is 5.96 Å². The molecule has 164 valence electrons. The van der Waals surface area contributed by atoms with E-state index in [1.165, 1.54) is 29.2 Å². The normalized spacial score (nSPS) is 17.5. The van der Waals surface area contributed by atoms with Gasteiger partial charge in [0.1, 0.15) is 11.6 Å². The Labute approximate surface area is 180 Å². The number of nitrogens with one attached hydrogen (secondary N) is 1. The molecule has 2 amide bonds. The lowest BCUT2D eigenvalue weighted by Crippen LogP contribution is -2.47. The zero-order valence-electron chi connectivity index (χ0n) is 17.7. The molecule has 8 heteroatoms. The summed E-state index contributed by atoms with van der Waals surface area (Å²) in [4.78, 5) is 30.8. The highest BCUT2D eigenvalue weighted by Crippen LogP contribution is 2.21. The van der Waals surface area contributed by atoms with Crippen LogP contribution >= 0.6 is 0 Å². The van der Waals surface area contributed by atoms with Crippen LogP contribution < -0.4 is 11.1 Å². The molecule has 0 radical (unpaired) electrons. The topological polar surface area (TPSA) is 87.8 Å². The fraction of sp³-hybridized carbons (Fsp3) is 0.348. The van der Waals surface area contributed by atoms with Crippen LogP contribution in [-0.4, -0.2) is 28.7 Å². The molecule has 6 nitrogen and oxygen atoms in total. The molecule has 0 spiro atoms. The number of guanidine groups is 1. The molecule has 2 unspecified atom stereocenters. The van der Waals surface area contributed by atoms with Gasteiger partial charge in [-0.15, -0.1) is 0 Å². The van der Waals surface area contributed by atoms with Gasteiger partial charge in [0.05, 0.1) is 25.0 Å². The monoisotopic (exact) mass is 428 g/mol. The number of nitrogens with two attached hydrogens (primary N) is 1. The maximum Gasteiger partial charge on any atom is 0.251 e. The molecule has 2 atom stereocenters. The van der Waals surface area contributed by atoms with E-state index < -0.39 is 17.8 Å². The highest BCUT2D eigenvalue weighted by Gasteiger charge is 2.29. The second kappa shape index (κ2) is 9.24. The number of halogens is 2. The lowest BCUT2D eigenvalue weighted by Gasteiger charge is -2.30. The van der Waals surface area contributed by atoms with Gasteiger partial charge in [0.2, 0.25) is 5.91 Å². The molecule has 2 aromatic rings. The van der Waals surface area contributed by atoms with E-state index in [9.17, 15) is 18.4 Å². The Morgan fingerprint density at radius 1 is 1.16 bits per heavy atom. The number of carbonyl (C=O) groups is 2. The Kier molecular flexibility index (Phi) is 6.68. The maximum absolute atomic E-state index is 14.2. The van der Waals surface area contributed by atoms with Crippen molar-refractivity contribution in [3.63, 3.8) is 0 Å². The van der Waals surface area contributed by atoms with Crippen molar-refractivity contribution in [2.75, 3.05) is 0 Å². The Bertz CT molecular complexity index is 1010. The number of amides is 2. The van der Waals surface area contributed by atoms with Crippen LogP contribution in [0.4, 0.5) is 8.78 Å². The molecular weight excluding hydrogens is 402 g/mol. The minimum absolute atomic E-state index is 0.0184. The third-order valence-corrected chi connectivity index (χ3v) is 5.31. The van der Waals surface area contributed by atoms with Crippen LogP contribution in [-0.2, 0) is 11.3 Å². The smallest absolute Gasteiger partial charge is 0.251 e. The number of carbonyl (C=O) groups excluding carboxylic acids is 2. The highest BCUT2D eigenvalue weighted by molar-refractivity contribution is 5.98. The summed E-state index contributed by atoms with van der Waals surface area (Å²) in [6, 6.07) is 9.09. The molecule has 0 aromatic heterocycles. The first-order valence-corrected chi connectivity index (χ1v) is 10.1. The van der Waals surface area contributed by atoms with Crippen molar-refractivity contribution in [1.82, 2.24) is 10.2 Å². The van der Waals surface area contributed by atoms with Crippen LogP contribution in [0.5, 0.6) is 0 Å². The Morgan fingerprint density at radius 2 is 1.84 bits per heavy atom. The summed E-state index contributed by atoms with van der Waals surface area (Å²) in [7, 11) is 0.